The predicted molar refractivity (Wildman–Crippen MR) is 83.2 cm³/mol. The third-order valence-corrected chi connectivity index (χ3v) is 2.90. The van der Waals surface area contributed by atoms with Crippen LogP contribution in [0.15, 0.2) is 35.8 Å². The number of benzene rings is 1. The number of methoxy groups -OCH3 is 3. The molecule has 1 amide bonds. The molecule has 1 N–H and O–H groups in total. The molecule has 0 spiro atoms. The summed E-state index contributed by atoms with van der Waals surface area (Å²) in [5.41, 5.74) is 3.15. The summed E-state index contributed by atoms with van der Waals surface area (Å²) in [6.45, 7) is 0. The third-order valence-electron chi connectivity index (χ3n) is 2.90. The lowest BCUT2D eigenvalue weighted by Crippen LogP contribution is -2.19. The third kappa shape index (κ3) is 3.73. The Balaban J connectivity index is 2.18. The van der Waals surface area contributed by atoms with Gasteiger partial charge in [0.1, 0.15) is 5.69 Å². The molecule has 23 heavy (non-hydrogen) atoms. The smallest absolute Gasteiger partial charge is 0.291 e. The number of rotatable bonds is 6. The van der Waals surface area contributed by atoms with Crippen molar-refractivity contribution in [2.75, 3.05) is 21.3 Å². The Hall–Kier alpha value is -3.16. The highest BCUT2D eigenvalue weighted by Gasteiger charge is 2.14. The highest BCUT2D eigenvalue weighted by molar-refractivity contribution is 5.93. The summed E-state index contributed by atoms with van der Waals surface area (Å²) in [5.74, 6) is 0.961. The van der Waals surface area contributed by atoms with E-state index in [9.17, 15) is 4.79 Å². The van der Waals surface area contributed by atoms with Crippen molar-refractivity contribution in [2.45, 2.75) is 0 Å². The first-order chi connectivity index (χ1) is 11.2. The number of hydrogen-bond acceptors (Lipinski definition) is 7. The lowest BCUT2D eigenvalue weighted by atomic mass is 10.2. The lowest BCUT2D eigenvalue weighted by molar-refractivity contribution is 0.0949. The number of carbonyl (C=O) groups is 1. The van der Waals surface area contributed by atoms with E-state index in [1.165, 1.54) is 46.1 Å². The number of nitrogens with one attached hydrogen (secondary N) is 1. The molecule has 0 atom stereocenters. The number of ether oxygens (including phenoxy) is 3. The average Bonchev–Trinajstić information content (AvgIpc) is 2.61. The molecule has 1 aromatic heterocycles. The fourth-order valence-corrected chi connectivity index (χ4v) is 1.86. The van der Waals surface area contributed by atoms with Gasteiger partial charge in [0, 0.05) is 18.0 Å². The molecule has 1 heterocycles. The van der Waals surface area contributed by atoms with Gasteiger partial charge >= 0.3 is 0 Å². The van der Waals surface area contributed by atoms with Gasteiger partial charge in [-0.3, -0.25) is 9.78 Å². The Morgan fingerprint density at radius 3 is 2.52 bits per heavy atom. The van der Waals surface area contributed by atoms with Crippen molar-refractivity contribution in [1.29, 1.82) is 0 Å². The van der Waals surface area contributed by atoms with Gasteiger partial charge in [-0.15, -0.1) is 0 Å². The molecule has 2 rings (SSSR count). The number of aromatic nitrogens is 2. The molecule has 0 unspecified atom stereocenters. The van der Waals surface area contributed by atoms with Gasteiger partial charge in [-0.1, -0.05) is 0 Å². The van der Waals surface area contributed by atoms with Crippen LogP contribution in [0.25, 0.3) is 0 Å². The standard InChI is InChI=1S/C15H16N4O4/c1-21-12-5-4-10(13(22-2)14(12)23-3)8-18-19-15(20)11-9-16-6-7-17-11/h4-9H,1-3H3,(H,19,20)/b18-8-. The van der Waals surface area contributed by atoms with E-state index in [1.54, 1.807) is 12.1 Å². The van der Waals surface area contributed by atoms with Crippen LogP contribution in [0.4, 0.5) is 0 Å². The quantitative estimate of drug-likeness (QED) is 0.637. The van der Waals surface area contributed by atoms with E-state index in [0.717, 1.165) is 0 Å². The second-order valence-electron chi connectivity index (χ2n) is 4.21. The topological polar surface area (TPSA) is 94.9 Å². The molecular formula is C15H16N4O4. The van der Waals surface area contributed by atoms with E-state index in [0.29, 0.717) is 22.8 Å². The van der Waals surface area contributed by atoms with Gasteiger partial charge in [-0.25, -0.2) is 10.4 Å². The molecule has 120 valence electrons. The SMILES string of the molecule is COc1ccc(/C=N\NC(=O)c2cnccn2)c(OC)c1OC. The first-order valence-corrected chi connectivity index (χ1v) is 6.59. The van der Waals surface area contributed by atoms with Gasteiger partial charge in [0.2, 0.25) is 5.75 Å². The Kier molecular flexibility index (Phi) is 5.45. The summed E-state index contributed by atoms with van der Waals surface area (Å²) in [6.07, 6.45) is 5.70. The summed E-state index contributed by atoms with van der Waals surface area (Å²) in [4.78, 5) is 19.5. The zero-order chi connectivity index (χ0) is 16.7. The number of hydrazone groups is 1. The maximum absolute atomic E-state index is 11.8. The first kappa shape index (κ1) is 16.2. The van der Waals surface area contributed by atoms with Crippen molar-refractivity contribution in [3.63, 3.8) is 0 Å². The summed E-state index contributed by atoms with van der Waals surface area (Å²) in [5, 5.41) is 3.89. The molecule has 2 aromatic rings. The maximum Gasteiger partial charge on any atom is 0.291 e. The van der Waals surface area contributed by atoms with Gasteiger partial charge in [0.25, 0.3) is 5.91 Å². The van der Waals surface area contributed by atoms with Gasteiger partial charge < -0.3 is 14.2 Å². The number of carbonyl (C=O) groups excluding carboxylic acids is 1. The maximum atomic E-state index is 11.8. The molecule has 0 aliphatic heterocycles. The molecule has 0 saturated carbocycles. The number of amides is 1. The lowest BCUT2D eigenvalue weighted by Gasteiger charge is -2.13. The van der Waals surface area contributed by atoms with Gasteiger partial charge in [0.05, 0.1) is 33.7 Å². The average molecular weight is 316 g/mol. The number of nitrogens with zero attached hydrogens (tertiary/aromatic N) is 3. The van der Waals surface area contributed by atoms with E-state index < -0.39 is 5.91 Å². The van der Waals surface area contributed by atoms with Gasteiger partial charge in [0.15, 0.2) is 11.5 Å². The highest BCUT2D eigenvalue weighted by Crippen LogP contribution is 2.38. The normalized spacial score (nSPS) is 10.4. The summed E-state index contributed by atoms with van der Waals surface area (Å²) >= 11 is 0. The molecule has 8 heteroatoms. The zero-order valence-corrected chi connectivity index (χ0v) is 12.9. The molecule has 0 bridgehead atoms. The minimum atomic E-state index is -0.464. The van der Waals surface area contributed by atoms with Crippen molar-refractivity contribution < 1.29 is 19.0 Å². The molecule has 8 nitrogen and oxygen atoms in total. The van der Waals surface area contributed by atoms with E-state index in [-0.39, 0.29) is 5.69 Å². The van der Waals surface area contributed by atoms with Gasteiger partial charge in [-0.2, -0.15) is 5.10 Å². The van der Waals surface area contributed by atoms with Gasteiger partial charge in [-0.05, 0) is 12.1 Å². The number of hydrogen-bond donors (Lipinski definition) is 1. The molecule has 0 aliphatic carbocycles. The largest absolute Gasteiger partial charge is 0.493 e. The van der Waals surface area contributed by atoms with Crippen LogP contribution < -0.4 is 19.6 Å². The second-order valence-corrected chi connectivity index (χ2v) is 4.21. The fourth-order valence-electron chi connectivity index (χ4n) is 1.86. The van der Waals surface area contributed by atoms with Crippen LogP contribution in [0.3, 0.4) is 0 Å². The summed E-state index contributed by atoms with van der Waals surface area (Å²) < 4.78 is 15.8. The van der Waals surface area contributed by atoms with Crippen molar-refractivity contribution in [2.24, 2.45) is 5.10 Å². The van der Waals surface area contributed by atoms with E-state index in [2.05, 4.69) is 20.5 Å². The Morgan fingerprint density at radius 1 is 1.13 bits per heavy atom. The molecule has 0 fully saturated rings. The first-order valence-electron chi connectivity index (χ1n) is 6.59. The van der Waals surface area contributed by atoms with E-state index in [4.69, 9.17) is 14.2 Å². The van der Waals surface area contributed by atoms with Crippen LogP contribution in [0.2, 0.25) is 0 Å². The van der Waals surface area contributed by atoms with E-state index >= 15 is 0 Å². The van der Waals surface area contributed by atoms with Crippen LogP contribution in [0, 0.1) is 0 Å². The fraction of sp³-hybridized carbons (Fsp3) is 0.200. The van der Waals surface area contributed by atoms with Crippen molar-refractivity contribution >= 4 is 12.1 Å². The van der Waals surface area contributed by atoms with Crippen LogP contribution in [0.5, 0.6) is 17.2 Å². The predicted octanol–water partition coefficient (Wildman–Crippen LogP) is 1.27. The molecule has 0 saturated heterocycles. The van der Waals surface area contributed by atoms with E-state index in [1.807, 2.05) is 0 Å². The monoisotopic (exact) mass is 316 g/mol. The minimum absolute atomic E-state index is 0.170. The van der Waals surface area contributed by atoms with Crippen molar-refractivity contribution in [3.05, 3.63) is 42.0 Å². The summed E-state index contributed by atoms with van der Waals surface area (Å²) in [7, 11) is 4.55. The molecule has 1 aromatic carbocycles. The minimum Gasteiger partial charge on any atom is -0.493 e. The molecule has 0 aliphatic rings. The Labute approximate surface area is 133 Å². The van der Waals surface area contributed by atoms with Crippen LogP contribution in [-0.2, 0) is 0 Å². The van der Waals surface area contributed by atoms with Crippen LogP contribution in [-0.4, -0.2) is 43.4 Å². The molecular weight excluding hydrogens is 300 g/mol. The van der Waals surface area contributed by atoms with Crippen molar-refractivity contribution in [3.8, 4) is 17.2 Å². The Morgan fingerprint density at radius 2 is 1.91 bits per heavy atom. The summed E-state index contributed by atoms with van der Waals surface area (Å²) in [6, 6.07) is 3.45. The Bertz CT molecular complexity index is 704. The van der Waals surface area contributed by atoms with Crippen LogP contribution >= 0.6 is 0 Å². The molecule has 0 radical (unpaired) electrons. The second kappa shape index (κ2) is 7.74. The van der Waals surface area contributed by atoms with Crippen LogP contribution in [0.1, 0.15) is 16.1 Å². The van der Waals surface area contributed by atoms with Crippen molar-refractivity contribution in [1.82, 2.24) is 15.4 Å². The highest BCUT2D eigenvalue weighted by atomic mass is 16.5. The zero-order valence-electron chi connectivity index (χ0n) is 12.9.